The third kappa shape index (κ3) is 9.53. The van der Waals surface area contributed by atoms with E-state index >= 15 is 0 Å². The lowest BCUT2D eigenvalue weighted by Crippen LogP contribution is -2.59. The van der Waals surface area contributed by atoms with Crippen LogP contribution in [0.25, 0.3) is 10.9 Å². The van der Waals surface area contributed by atoms with E-state index in [2.05, 4.69) is 20.9 Å². The van der Waals surface area contributed by atoms with Crippen molar-refractivity contribution in [1.82, 2.24) is 20.9 Å². The average Bonchev–Trinajstić information content (AvgIpc) is 3.39. The molecule has 0 saturated carbocycles. The minimum absolute atomic E-state index is 0.0137. The highest BCUT2D eigenvalue weighted by atomic mass is 16.4. The number of carboxylic acid groups (broad SMARTS) is 1. The number of rotatable bonds is 16. The SMILES string of the molecule is CC(O)C(N)C(=O)NC(Cc1ccc(O)cc1)C(=O)NC(Cc1c[nH]c2ccccc12)C(=O)NC(CCCCN)C(=O)O. The summed E-state index contributed by atoms with van der Waals surface area (Å²) in [6.07, 6.45) is 1.74. The van der Waals surface area contributed by atoms with Crippen LogP contribution in [-0.4, -0.2) is 80.8 Å². The molecule has 232 valence electrons. The lowest BCUT2D eigenvalue weighted by Gasteiger charge is -2.26. The molecule has 3 rings (SSSR count). The molecule has 0 fully saturated rings. The highest BCUT2D eigenvalue weighted by Gasteiger charge is 2.31. The molecule has 5 unspecified atom stereocenters. The number of para-hydroxylation sites is 1. The van der Waals surface area contributed by atoms with Gasteiger partial charge in [0.2, 0.25) is 17.7 Å². The predicted octanol–water partition coefficient (Wildman–Crippen LogP) is 0.0348. The number of aliphatic hydroxyl groups excluding tert-OH is 1. The molecular weight excluding hydrogens is 556 g/mol. The maximum atomic E-state index is 13.7. The first kappa shape index (κ1) is 33.0. The van der Waals surface area contributed by atoms with Crippen LogP contribution in [0.5, 0.6) is 5.75 Å². The summed E-state index contributed by atoms with van der Waals surface area (Å²) in [6, 6.07) is 8.46. The largest absolute Gasteiger partial charge is 0.508 e. The summed E-state index contributed by atoms with van der Waals surface area (Å²) in [5.41, 5.74) is 13.4. The van der Waals surface area contributed by atoms with E-state index in [-0.39, 0.29) is 25.0 Å². The van der Waals surface area contributed by atoms with Crippen molar-refractivity contribution in [2.24, 2.45) is 11.5 Å². The fourth-order valence-corrected chi connectivity index (χ4v) is 4.59. The molecule has 0 aliphatic heterocycles. The highest BCUT2D eigenvalue weighted by Crippen LogP contribution is 2.20. The second-order valence-corrected chi connectivity index (χ2v) is 10.5. The normalized spacial score (nSPS) is 14.7. The Bertz CT molecular complexity index is 1390. The van der Waals surface area contributed by atoms with Crippen LogP contribution in [0.2, 0.25) is 0 Å². The van der Waals surface area contributed by atoms with Crippen molar-refractivity contribution in [3.63, 3.8) is 0 Å². The molecule has 13 heteroatoms. The highest BCUT2D eigenvalue weighted by molar-refractivity contribution is 5.95. The van der Waals surface area contributed by atoms with Gasteiger partial charge < -0.3 is 47.7 Å². The summed E-state index contributed by atoms with van der Waals surface area (Å²) in [6.45, 7) is 1.72. The molecule has 0 aliphatic carbocycles. The number of benzene rings is 2. The Balaban J connectivity index is 1.90. The number of hydrogen-bond donors (Lipinski definition) is 9. The van der Waals surface area contributed by atoms with Gasteiger partial charge in [0.05, 0.1) is 6.10 Å². The molecule has 0 saturated heterocycles. The Morgan fingerprint density at radius 3 is 2.09 bits per heavy atom. The van der Waals surface area contributed by atoms with Crippen molar-refractivity contribution in [3.05, 3.63) is 65.9 Å². The summed E-state index contributed by atoms with van der Waals surface area (Å²) < 4.78 is 0. The molecule has 0 aliphatic rings. The van der Waals surface area contributed by atoms with Crippen LogP contribution in [0.15, 0.2) is 54.7 Å². The van der Waals surface area contributed by atoms with Gasteiger partial charge in [0, 0.05) is 29.9 Å². The average molecular weight is 597 g/mol. The number of aromatic nitrogens is 1. The smallest absolute Gasteiger partial charge is 0.326 e. The number of phenols is 1. The van der Waals surface area contributed by atoms with Crippen molar-refractivity contribution in [1.29, 1.82) is 0 Å². The standard InChI is InChI=1S/C30H40N6O7/c1-17(37)26(32)29(41)36-24(14-18-9-11-20(38)12-10-18)27(39)35-25(15-19-16-33-22-7-3-2-6-21(19)22)28(40)34-23(30(42)43)8-4-5-13-31/h2-3,6-7,9-12,16-17,23-26,33,37-38H,4-5,8,13-15,31-32H2,1H3,(H,34,40)(H,35,39)(H,36,41)(H,42,43). The van der Waals surface area contributed by atoms with Gasteiger partial charge in [-0.2, -0.15) is 0 Å². The van der Waals surface area contributed by atoms with Crippen LogP contribution in [0.4, 0.5) is 0 Å². The number of nitrogens with two attached hydrogens (primary N) is 2. The fourth-order valence-electron chi connectivity index (χ4n) is 4.59. The van der Waals surface area contributed by atoms with E-state index in [9.17, 15) is 34.5 Å². The van der Waals surface area contributed by atoms with Gasteiger partial charge in [-0.3, -0.25) is 14.4 Å². The second kappa shape index (κ2) is 15.7. The zero-order chi connectivity index (χ0) is 31.5. The van der Waals surface area contributed by atoms with E-state index in [1.165, 1.54) is 19.1 Å². The zero-order valence-electron chi connectivity index (χ0n) is 24.0. The van der Waals surface area contributed by atoms with Gasteiger partial charge in [0.25, 0.3) is 0 Å². The van der Waals surface area contributed by atoms with Crippen molar-refractivity contribution in [3.8, 4) is 5.75 Å². The van der Waals surface area contributed by atoms with E-state index in [0.29, 0.717) is 30.5 Å². The summed E-state index contributed by atoms with van der Waals surface area (Å²) in [4.78, 5) is 55.0. The predicted molar refractivity (Wildman–Crippen MR) is 160 cm³/mol. The summed E-state index contributed by atoms with van der Waals surface area (Å²) in [7, 11) is 0. The quantitative estimate of drug-likeness (QED) is 0.101. The molecule has 3 aromatic rings. The number of unbranched alkanes of at least 4 members (excludes halogenated alkanes) is 1. The number of phenolic OH excluding ortho intramolecular Hbond substituents is 1. The number of H-pyrrole nitrogens is 1. The number of nitrogens with one attached hydrogen (secondary N) is 4. The van der Waals surface area contributed by atoms with Crippen molar-refractivity contribution < 1.29 is 34.5 Å². The maximum absolute atomic E-state index is 13.7. The molecule has 2 aromatic carbocycles. The van der Waals surface area contributed by atoms with Gasteiger partial charge in [0.15, 0.2) is 0 Å². The van der Waals surface area contributed by atoms with Crippen LogP contribution in [-0.2, 0) is 32.0 Å². The molecule has 0 bridgehead atoms. The van der Waals surface area contributed by atoms with Gasteiger partial charge in [-0.1, -0.05) is 30.3 Å². The summed E-state index contributed by atoms with van der Waals surface area (Å²) >= 11 is 0. The molecule has 3 amide bonds. The molecule has 0 spiro atoms. The van der Waals surface area contributed by atoms with Crippen LogP contribution in [0.3, 0.4) is 0 Å². The third-order valence-corrected chi connectivity index (χ3v) is 7.13. The Morgan fingerprint density at radius 2 is 1.47 bits per heavy atom. The molecule has 43 heavy (non-hydrogen) atoms. The summed E-state index contributed by atoms with van der Waals surface area (Å²) in [5, 5.41) is 37.8. The van der Waals surface area contributed by atoms with Crippen LogP contribution in [0, 0.1) is 0 Å². The van der Waals surface area contributed by atoms with E-state index in [1.807, 2.05) is 24.3 Å². The molecule has 1 heterocycles. The Kier molecular flexibility index (Phi) is 12.0. The van der Waals surface area contributed by atoms with Crippen LogP contribution in [0.1, 0.15) is 37.3 Å². The first-order valence-corrected chi connectivity index (χ1v) is 14.1. The Morgan fingerprint density at radius 1 is 0.860 bits per heavy atom. The molecule has 0 radical (unpaired) electrons. The number of fused-ring (bicyclic) bond motifs is 1. The molecular formula is C30H40N6O7. The van der Waals surface area contributed by atoms with Crippen molar-refractivity contribution in [2.45, 2.75) is 69.3 Å². The lowest BCUT2D eigenvalue weighted by atomic mass is 10.0. The minimum atomic E-state index is -1.31. The number of carboxylic acids is 1. The Hall–Kier alpha value is -4.46. The van der Waals surface area contributed by atoms with Crippen LogP contribution < -0.4 is 27.4 Å². The van der Waals surface area contributed by atoms with Gasteiger partial charge in [-0.15, -0.1) is 0 Å². The van der Waals surface area contributed by atoms with Gasteiger partial charge in [0.1, 0.15) is 29.9 Å². The van der Waals surface area contributed by atoms with E-state index < -0.39 is 54.0 Å². The number of hydrogen-bond acceptors (Lipinski definition) is 8. The number of amides is 3. The van der Waals surface area contributed by atoms with Gasteiger partial charge in [-0.25, -0.2) is 4.79 Å². The molecule has 11 N–H and O–H groups in total. The summed E-state index contributed by atoms with van der Waals surface area (Å²) in [5.74, 6) is -3.42. The Labute approximate surface area is 249 Å². The fraction of sp³-hybridized carbons (Fsp3) is 0.400. The number of carbonyl (C=O) groups excluding carboxylic acids is 3. The number of aromatic hydroxyl groups is 1. The second-order valence-electron chi connectivity index (χ2n) is 10.5. The lowest BCUT2D eigenvalue weighted by molar-refractivity contribution is -0.142. The zero-order valence-corrected chi connectivity index (χ0v) is 24.0. The van der Waals surface area contributed by atoms with Crippen molar-refractivity contribution >= 4 is 34.6 Å². The number of aliphatic carboxylic acids is 1. The third-order valence-electron chi connectivity index (χ3n) is 7.13. The van der Waals surface area contributed by atoms with E-state index in [1.54, 1.807) is 18.3 Å². The topological polar surface area (TPSA) is 233 Å². The van der Waals surface area contributed by atoms with Gasteiger partial charge >= 0.3 is 5.97 Å². The first-order chi connectivity index (χ1) is 20.5. The number of carbonyl (C=O) groups is 4. The van der Waals surface area contributed by atoms with E-state index in [0.717, 1.165) is 10.9 Å². The molecule has 1 aromatic heterocycles. The molecule has 13 nitrogen and oxygen atoms in total. The molecule has 5 atom stereocenters. The minimum Gasteiger partial charge on any atom is -0.508 e. The maximum Gasteiger partial charge on any atom is 0.326 e. The van der Waals surface area contributed by atoms with Crippen LogP contribution >= 0.6 is 0 Å². The number of aliphatic hydroxyl groups is 1. The van der Waals surface area contributed by atoms with Crippen molar-refractivity contribution in [2.75, 3.05) is 6.54 Å². The van der Waals surface area contributed by atoms with E-state index in [4.69, 9.17) is 11.5 Å². The monoisotopic (exact) mass is 596 g/mol. The van der Waals surface area contributed by atoms with Gasteiger partial charge in [-0.05, 0) is 62.1 Å². The number of aromatic amines is 1. The first-order valence-electron chi connectivity index (χ1n) is 14.1.